The van der Waals surface area contributed by atoms with Gasteiger partial charge in [0.2, 0.25) is 5.91 Å². The first-order chi connectivity index (χ1) is 13.0. The molecule has 27 heavy (non-hydrogen) atoms. The fourth-order valence-electron chi connectivity index (χ4n) is 3.51. The van der Waals surface area contributed by atoms with Crippen LogP contribution in [0, 0.1) is 5.92 Å². The second-order valence-electron chi connectivity index (χ2n) is 6.75. The lowest BCUT2D eigenvalue weighted by Gasteiger charge is -2.34. The van der Waals surface area contributed by atoms with Crippen LogP contribution in [0.2, 0.25) is 0 Å². The molecule has 0 saturated carbocycles. The zero-order valence-electron chi connectivity index (χ0n) is 14.7. The van der Waals surface area contributed by atoms with Crippen molar-refractivity contribution in [2.24, 2.45) is 10.3 Å². The first-order valence-electron chi connectivity index (χ1n) is 8.91. The van der Waals surface area contributed by atoms with Crippen LogP contribution in [0.4, 0.5) is 5.69 Å². The van der Waals surface area contributed by atoms with Crippen LogP contribution in [0.3, 0.4) is 0 Å². The van der Waals surface area contributed by atoms with Crippen molar-refractivity contribution in [2.45, 2.75) is 24.2 Å². The molecule has 0 radical (unpaired) electrons. The number of carbonyl (C=O) groups is 1. The fraction of sp³-hybridized carbons (Fsp3) is 0.316. The third kappa shape index (κ3) is 3.71. The average molecular weight is 384 g/mol. The van der Waals surface area contributed by atoms with Crippen molar-refractivity contribution in [3.63, 3.8) is 0 Å². The maximum absolute atomic E-state index is 12.6. The zero-order chi connectivity index (χ0) is 18.9. The number of hydrogen-bond acceptors (Lipinski definition) is 5. The number of fused-ring (bicyclic) bond motifs is 1. The van der Waals surface area contributed by atoms with Gasteiger partial charge in [0, 0.05) is 30.9 Å². The summed E-state index contributed by atoms with van der Waals surface area (Å²) >= 11 is 0. The molecule has 1 fully saturated rings. The normalized spacial score (nSPS) is 21.0. The van der Waals surface area contributed by atoms with Crippen LogP contribution in [0.5, 0.6) is 0 Å². The van der Waals surface area contributed by atoms with E-state index in [0.29, 0.717) is 24.6 Å². The number of likely N-dealkylation sites (tertiary alicyclic amines) is 1. The highest BCUT2D eigenvalue weighted by atomic mass is 32.2. The van der Waals surface area contributed by atoms with E-state index < -0.39 is 10.0 Å². The number of amides is 1. The number of nitrogens with zero attached hydrogens (tertiary/aromatic N) is 3. The summed E-state index contributed by atoms with van der Waals surface area (Å²) in [5.74, 6) is 0.289. The predicted molar refractivity (Wildman–Crippen MR) is 102 cm³/mol. The maximum Gasteiger partial charge on any atom is 0.286 e. The molecule has 7 nitrogen and oxygen atoms in total. The lowest BCUT2D eigenvalue weighted by atomic mass is 9.96. The van der Waals surface area contributed by atoms with Crippen LogP contribution >= 0.6 is 0 Å². The number of anilines is 1. The van der Waals surface area contributed by atoms with Crippen molar-refractivity contribution in [3.8, 4) is 0 Å². The molecule has 2 aliphatic heterocycles. The summed E-state index contributed by atoms with van der Waals surface area (Å²) in [4.78, 5) is 18.8. The summed E-state index contributed by atoms with van der Waals surface area (Å²) in [6, 6.07) is 12.2. The minimum atomic E-state index is -3.71. The fourth-order valence-corrected chi connectivity index (χ4v) is 4.71. The molecule has 0 spiro atoms. The summed E-state index contributed by atoms with van der Waals surface area (Å²) in [7, 11) is -3.71. The van der Waals surface area contributed by atoms with E-state index >= 15 is 0 Å². The molecule has 2 aromatic rings. The molecule has 1 N–H and O–H groups in total. The SMILES string of the molecule is O=C(Cc1ccccn1)N1CCCC(C2=NS(=O)(=O)c3ccccc3N2)C1. The maximum atomic E-state index is 12.6. The van der Waals surface area contributed by atoms with Gasteiger partial charge in [0.15, 0.2) is 0 Å². The Kier molecular flexibility index (Phi) is 4.65. The number of carbonyl (C=O) groups excluding carboxylic acids is 1. The monoisotopic (exact) mass is 384 g/mol. The number of hydrogen-bond donors (Lipinski definition) is 1. The van der Waals surface area contributed by atoms with Crippen molar-refractivity contribution >= 4 is 27.5 Å². The second kappa shape index (κ2) is 7.11. The van der Waals surface area contributed by atoms with Crippen molar-refractivity contribution in [1.82, 2.24) is 9.88 Å². The molecule has 140 valence electrons. The van der Waals surface area contributed by atoms with Crippen molar-refractivity contribution < 1.29 is 13.2 Å². The van der Waals surface area contributed by atoms with Gasteiger partial charge >= 0.3 is 0 Å². The van der Waals surface area contributed by atoms with Crippen LogP contribution in [0.15, 0.2) is 58.0 Å². The van der Waals surface area contributed by atoms with Crippen molar-refractivity contribution in [1.29, 1.82) is 0 Å². The first-order valence-corrected chi connectivity index (χ1v) is 10.4. The van der Waals surface area contributed by atoms with Gasteiger partial charge in [-0.1, -0.05) is 18.2 Å². The summed E-state index contributed by atoms with van der Waals surface area (Å²) < 4.78 is 28.9. The smallest absolute Gasteiger partial charge is 0.286 e. The number of piperidine rings is 1. The molecule has 8 heteroatoms. The Bertz CT molecular complexity index is 989. The van der Waals surface area contributed by atoms with Crippen LogP contribution < -0.4 is 5.32 Å². The Balaban J connectivity index is 1.50. The van der Waals surface area contributed by atoms with Gasteiger partial charge in [-0.05, 0) is 37.1 Å². The highest BCUT2D eigenvalue weighted by Crippen LogP contribution is 2.30. The minimum Gasteiger partial charge on any atom is -0.342 e. The van der Waals surface area contributed by atoms with Gasteiger partial charge in [0.05, 0.1) is 12.1 Å². The van der Waals surface area contributed by atoms with Crippen LogP contribution in [0.25, 0.3) is 0 Å². The van der Waals surface area contributed by atoms with Gasteiger partial charge in [0.1, 0.15) is 10.7 Å². The number of para-hydroxylation sites is 1. The number of nitrogens with one attached hydrogen (secondary N) is 1. The van der Waals surface area contributed by atoms with Gasteiger partial charge in [-0.2, -0.15) is 8.42 Å². The third-order valence-electron chi connectivity index (χ3n) is 4.87. The Morgan fingerprint density at radius 1 is 1.19 bits per heavy atom. The molecule has 4 rings (SSSR count). The van der Waals surface area contributed by atoms with E-state index in [1.54, 1.807) is 35.4 Å². The molecule has 1 aromatic heterocycles. The number of amidine groups is 1. The van der Waals surface area contributed by atoms with Gasteiger partial charge < -0.3 is 10.2 Å². The highest BCUT2D eigenvalue weighted by Gasteiger charge is 2.32. The van der Waals surface area contributed by atoms with Gasteiger partial charge in [0.25, 0.3) is 10.0 Å². The molecule has 0 bridgehead atoms. The minimum absolute atomic E-state index is 0.00179. The third-order valence-corrected chi connectivity index (χ3v) is 6.21. The number of sulfonamides is 1. The number of aromatic nitrogens is 1. The quantitative estimate of drug-likeness (QED) is 0.875. The lowest BCUT2D eigenvalue weighted by molar-refractivity contribution is -0.131. The molecular formula is C19H20N4O3S. The van der Waals surface area contributed by atoms with E-state index in [-0.39, 0.29) is 23.1 Å². The van der Waals surface area contributed by atoms with E-state index in [2.05, 4.69) is 14.7 Å². The first kappa shape index (κ1) is 17.7. The number of pyridine rings is 1. The van der Waals surface area contributed by atoms with E-state index in [1.807, 2.05) is 18.2 Å². The Morgan fingerprint density at radius 3 is 2.81 bits per heavy atom. The highest BCUT2D eigenvalue weighted by molar-refractivity contribution is 7.90. The largest absolute Gasteiger partial charge is 0.342 e. The van der Waals surface area contributed by atoms with Crippen LogP contribution in [-0.2, 0) is 21.2 Å². The molecule has 0 aliphatic carbocycles. The van der Waals surface area contributed by atoms with Crippen LogP contribution in [-0.4, -0.2) is 43.1 Å². The van der Waals surface area contributed by atoms with Gasteiger partial charge in [-0.3, -0.25) is 9.78 Å². The second-order valence-corrected chi connectivity index (χ2v) is 8.32. The topological polar surface area (TPSA) is 91.7 Å². The van der Waals surface area contributed by atoms with Gasteiger partial charge in [-0.25, -0.2) is 0 Å². The number of benzene rings is 1. The van der Waals surface area contributed by atoms with E-state index in [0.717, 1.165) is 18.5 Å². The summed E-state index contributed by atoms with van der Waals surface area (Å²) in [6.07, 6.45) is 3.51. The molecule has 1 unspecified atom stereocenters. The standard InChI is InChI=1S/C19H20N4O3S/c24-18(12-15-7-3-4-10-20-15)23-11-5-6-14(13-23)19-21-16-8-1-2-9-17(16)27(25,26)22-19/h1-4,7-10,14H,5-6,11-13H2,(H,21,22). The predicted octanol–water partition coefficient (Wildman–Crippen LogP) is 2.08. The molecule has 1 amide bonds. The van der Waals surface area contributed by atoms with Crippen molar-refractivity contribution in [3.05, 3.63) is 54.4 Å². The average Bonchev–Trinajstić information content (AvgIpc) is 2.68. The Hall–Kier alpha value is -2.74. The van der Waals surface area contributed by atoms with Gasteiger partial charge in [-0.15, -0.1) is 4.40 Å². The molecule has 1 atom stereocenters. The lowest BCUT2D eigenvalue weighted by Crippen LogP contribution is -2.45. The van der Waals surface area contributed by atoms with Crippen LogP contribution in [0.1, 0.15) is 18.5 Å². The summed E-state index contributed by atoms with van der Waals surface area (Å²) in [5, 5.41) is 3.15. The summed E-state index contributed by atoms with van der Waals surface area (Å²) in [5.41, 5.74) is 1.27. The molecular weight excluding hydrogens is 364 g/mol. The Labute approximate surface area is 158 Å². The number of rotatable bonds is 3. The van der Waals surface area contributed by atoms with Crippen molar-refractivity contribution in [2.75, 3.05) is 18.4 Å². The zero-order valence-corrected chi connectivity index (χ0v) is 15.5. The molecule has 1 saturated heterocycles. The summed E-state index contributed by atoms with van der Waals surface area (Å²) in [6.45, 7) is 1.12. The van der Waals surface area contributed by atoms with E-state index in [1.165, 1.54) is 0 Å². The molecule has 1 aromatic carbocycles. The van der Waals surface area contributed by atoms with E-state index in [9.17, 15) is 13.2 Å². The van der Waals surface area contributed by atoms with E-state index in [4.69, 9.17) is 0 Å². The molecule has 2 aliphatic rings. The Morgan fingerprint density at radius 2 is 2.00 bits per heavy atom. The molecule has 3 heterocycles.